The Balaban J connectivity index is 2.54. The second kappa shape index (κ2) is 8.20. The first-order chi connectivity index (χ1) is 12.7. The van der Waals surface area contributed by atoms with Crippen LogP contribution >= 0.6 is 0 Å². The number of benzene rings is 1. The number of amides is 1. The number of H-pyrrole nitrogens is 1. The number of hydrogen-bond acceptors (Lipinski definition) is 4. The van der Waals surface area contributed by atoms with E-state index in [0.29, 0.717) is 11.9 Å². The summed E-state index contributed by atoms with van der Waals surface area (Å²) in [7, 11) is 0. The Kier molecular flexibility index (Phi) is 6.20. The Labute approximate surface area is 156 Å². The Hall–Kier alpha value is -2.90. The number of carbonyl (C=O) groups excluding carboxylic acids is 1. The van der Waals surface area contributed by atoms with Crippen molar-refractivity contribution < 1.29 is 14.7 Å². The summed E-state index contributed by atoms with van der Waals surface area (Å²) in [5.41, 5.74) is -0.906. The highest BCUT2D eigenvalue weighted by Gasteiger charge is 2.33. The van der Waals surface area contributed by atoms with E-state index in [1.807, 2.05) is 6.92 Å². The largest absolute Gasteiger partial charge is 0.480 e. The van der Waals surface area contributed by atoms with Gasteiger partial charge in [-0.15, -0.1) is 0 Å². The minimum atomic E-state index is -1.15. The zero-order valence-electron chi connectivity index (χ0n) is 15.9. The van der Waals surface area contributed by atoms with Crippen molar-refractivity contribution in [3.05, 3.63) is 45.1 Å². The fraction of sp³-hybridized carbons (Fsp3) is 0.474. The third-order valence-electron chi connectivity index (χ3n) is 4.79. The zero-order valence-corrected chi connectivity index (χ0v) is 15.9. The normalized spacial score (nSPS) is 14.7. The second-order valence-electron chi connectivity index (χ2n) is 7.05. The molecule has 1 aromatic heterocycles. The molecule has 0 aliphatic heterocycles. The van der Waals surface area contributed by atoms with Gasteiger partial charge in [-0.3, -0.25) is 9.59 Å². The summed E-state index contributed by atoms with van der Waals surface area (Å²) < 4.78 is 0.873. The Bertz CT molecular complexity index is 960. The van der Waals surface area contributed by atoms with Crippen LogP contribution in [0.15, 0.2) is 33.9 Å². The molecule has 0 spiro atoms. The van der Waals surface area contributed by atoms with Crippen molar-refractivity contribution in [2.24, 2.45) is 11.8 Å². The number of carbonyl (C=O) groups is 2. The van der Waals surface area contributed by atoms with E-state index in [9.17, 15) is 24.3 Å². The number of nitrogens with zero attached hydrogens (tertiary/aromatic N) is 1. The van der Waals surface area contributed by atoms with Gasteiger partial charge in [-0.1, -0.05) is 46.2 Å². The molecule has 3 atom stereocenters. The van der Waals surface area contributed by atoms with Gasteiger partial charge in [0.2, 0.25) is 5.91 Å². The fourth-order valence-corrected chi connectivity index (χ4v) is 3.07. The fourth-order valence-electron chi connectivity index (χ4n) is 3.07. The van der Waals surface area contributed by atoms with Crippen molar-refractivity contribution in [3.63, 3.8) is 0 Å². The van der Waals surface area contributed by atoms with Crippen molar-refractivity contribution >= 4 is 22.8 Å². The Morgan fingerprint density at radius 3 is 2.37 bits per heavy atom. The standard InChI is InChI=1S/C19H25N3O5/c1-5-11(4)14(18(25)26)21-16(23)15(10(2)3)22-17(24)12-8-6-7-9-13(12)20-19(22)27/h6-11,14-15H,5H2,1-4H3,(H,20,27)(H,21,23)(H,25,26). The molecule has 2 aromatic rings. The lowest BCUT2D eigenvalue weighted by molar-refractivity contribution is -0.144. The van der Waals surface area contributed by atoms with Crippen molar-refractivity contribution in [2.45, 2.75) is 46.2 Å². The van der Waals surface area contributed by atoms with Gasteiger partial charge < -0.3 is 15.4 Å². The van der Waals surface area contributed by atoms with E-state index in [0.717, 1.165) is 4.57 Å². The Morgan fingerprint density at radius 1 is 1.19 bits per heavy atom. The third kappa shape index (κ3) is 4.10. The second-order valence-corrected chi connectivity index (χ2v) is 7.05. The first-order valence-corrected chi connectivity index (χ1v) is 8.95. The smallest absolute Gasteiger partial charge is 0.329 e. The molecule has 0 saturated heterocycles. The molecule has 8 heteroatoms. The highest BCUT2D eigenvalue weighted by Crippen LogP contribution is 2.17. The number of para-hydroxylation sites is 1. The summed E-state index contributed by atoms with van der Waals surface area (Å²) in [6.45, 7) is 6.94. The molecule has 0 radical (unpaired) electrons. The molecule has 146 valence electrons. The van der Waals surface area contributed by atoms with Crippen LogP contribution in [0.4, 0.5) is 0 Å². The van der Waals surface area contributed by atoms with Crippen molar-refractivity contribution in [2.75, 3.05) is 0 Å². The third-order valence-corrected chi connectivity index (χ3v) is 4.79. The lowest BCUT2D eigenvalue weighted by Crippen LogP contribution is -2.52. The van der Waals surface area contributed by atoms with Crippen molar-refractivity contribution in [1.29, 1.82) is 0 Å². The number of carboxylic acids is 1. The number of aliphatic carboxylic acids is 1. The summed E-state index contributed by atoms with van der Waals surface area (Å²) in [6, 6.07) is 4.31. The molecule has 0 saturated carbocycles. The molecule has 1 heterocycles. The van der Waals surface area contributed by atoms with Gasteiger partial charge in [0.1, 0.15) is 12.1 Å². The maximum atomic E-state index is 12.9. The van der Waals surface area contributed by atoms with Gasteiger partial charge in [0.05, 0.1) is 10.9 Å². The van der Waals surface area contributed by atoms with Crippen LogP contribution in [0, 0.1) is 11.8 Å². The van der Waals surface area contributed by atoms with Gasteiger partial charge >= 0.3 is 11.7 Å². The summed E-state index contributed by atoms with van der Waals surface area (Å²) >= 11 is 0. The van der Waals surface area contributed by atoms with Gasteiger partial charge in [0.15, 0.2) is 0 Å². The number of rotatable bonds is 7. The number of carboxylic acid groups (broad SMARTS) is 1. The summed E-state index contributed by atoms with van der Waals surface area (Å²) in [4.78, 5) is 52.4. The number of nitrogens with one attached hydrogen (secondary N) is 2. The van der Waals surface area contributed by atoms with Crippen LogP contribution < -0.4 is 16.6 Å². The lowest BCUT2D eigenvalue weighted by Gasteiger charge is -2.26. The minimum absolute atomic E-state index is 0.285. The van der Waals surface area contributed by atoms with Gasteiger partial charge in [-0.25, -0.2) is 14.2 Å². The first kappa shape index (κ1) is 20.4. The summed E-state index contributed by atoms with van der Waals surface area (Å²) in [5.74, 6) is -2.53. The van der Waals surface area contributed by atoms with Gasteiger partial charge in [-0.05, 0) is 24.0 Å². The van der Waals surface area contributed by atoms with Gasteiger partial charge in [0, 0.05) is 0 Å². The van der Waals surface area contributed by atoms with E-state index in [1.165, 1.54) is 0 Å². The molecule has 0 bridgehead atoms. The van der Waals surface area contributed by atoms with Crippen LogP contribution in [-0.2, 0) is 9.59 Å². The molecule has 3 unspecified atom stereocenters. The van der Waals surface area contributed by atoms with E-state index in [2.05, 4.69) is 10.3 Å². The quantitative estimate of drug-likeness (QED) is 0.677. The number of hydrogen-bond donors (Lipinski definition) is 3. The SMILES string of the molecule is CCC(C)C(NC(=O)C(C(C)C)n1c(=O)[nH]c2ccccc2c1=O)C(=O)O. The van der Waals surface area contributed by atoms with Crippen LogP contribution in [0.5, 0.6) is 0 Å². The van der Waals surface area contributed by atoms with E-state index in [-0.39, 0.29) is 11.3 Å². The average Bonchev–Trinajstić information content (AvgIpc) is 2.61. The molecule has 8 nitrogen and oxygen atoms in total. The molecule has 1 aromatic carbocycles. The van der Waals surface area contributed by atoms with E-state index in [1.54, 1.807) is 45.0 Å². The predicted octanol–water partition coefficient (Wildman–Crippen LogP) is 1.50. The average molecular weight is 375 g/mol. The van der Waals surface area contributed by atoms with E-state index >= 15 is 0 Å². The summed E-state index contributed by atoms with van der Waals surface area (Å²) in [5, 5.41) is 12.2. The maximum Gasteiger partial charge on any atom is 0.329 e. The molecule has 2 rings (SSSR count). The number of fused-ring (bicyclic) bond motifs is 1. The first-order valence-electron chi connectivity index (χ1n) is 8.95. The van der Waals surface area contributed by atoms with Gasteiger partial charge in [0.25, 0.3) is 5.56 Å². The number of aromatic nitrogens is 2. The predicted molar refractivity (Wildman–Crippen MR) is 102 cm³/mol. The molecule has 3 N–H and O–H groups in total. The molecule has 1 amide bonds. The topological polar surface area (TPSA) is 121 Å². The summed E-state index contributed by atoms with van der Waals surface area (Å²) in [6.07, 6.45) is 0.556. The molecule has 0 aliphatic carbocycles. The monoisotopic (exact) mass is 375 g/mol. The van der Waals surface area contributed by atoms with Crippen molar-refractivity contribution in [1.82, 2.24) is 14.9 Å². The zero-order chi connectivity index (χ0) is 20.3. The number of aromatic amines is 1. The van der Waals surface area contributed by atoms with Crippen LogP contribution in [0.1, 0.15) is 40.2 Å². The van der Waals surface area contributed by atoms with Crippen LogP contribution in [0.25, 0.3) is 10.9 Å². The molecule has 27 heavy (non-hydrogen) atoms. The Morgan fingerprint density at radius 2 is 1.81 bits per heavy atom. The van der Waals surface area contributed by atoms with E-state index in [4.69, 9.17) is 0 Å². The van der Waals surface area contributed by atoms with Crippen LogP contribution in [-0.4, -0.2) is 32.6 Å². The van der Waals surface area contributed by atoms with Crippen LogP contribution in [0.2, 0.25) is 0 Å². The molecule has 0 aliphatic rings. The highest BCUT2D eigenvalue weighted by molar-refractivity contribution is 5.86. The highest BCUT2D eigenvalue weighted by atomic mass is 16.4. The van der Waals surface area contributed by atoms with Crippen LogP contribution in [0.3, 0.4) is 0 Å². The van der Waals surface area contributed by atoms with E-state index < -0.39 is 41.1 Å². The van der Waals surface area contributed by atoms with Gasteiger partial charge in [-0.2, -0.15) is 0 Å². The molecule has 0 fully saturated rings. The minimum Gasteiger partial charge on any atom is -0.480 e. The lowest BCUT2D eigenvalue weighted by atomic mass is 9.97. The molecular formula is C19H25N3O5. The maximum absolute atomic E-state index is 12.9. The van der Waals surface area contributed by atoms with Crippen molar-refractivity contribution in [3.8, 4) is 0 Å². The molecular weight excluding hydrogens is 350 g/mol.